The van der Waals surface area contributed by atoms with Crippen LogP contribution in [0.15, 0.2) is 16.3 Å². The second-order valence-electron chi connectivity index (χ2n) is 5.35. The molecule has 21 heavy (non-hydrogen) atoms. The van der Waals surface area contributed by atoms with Gasteiger partial charge in [-0.05, 0) is 51.4 Å². The molecule has 1 aliphatic rings. The van der Waals surface area contributed by atoms with Gasteiger partial charge in [-0.15, -0.1) is 11.3 Å². The van der Waals surface area contributed by atoms with Crippen LogP contribution < -0.4 is 10.0 Å². The molecule has 5 nitrogen and oxygen atoms in total. The van der Waals surface area contributed by atoms with Crippen LogP contribution in [0.1, 0.15) is 31.6 Å². The minimum absolute atomic E-state index is 0.0222. The number of sulfonamides is 1. The van der Waals surface area contributed by atoms with Crippen molar-refractivity contribution in [1.29, 1.82) is 0 Å². The number of ether oxygens (including phenoxy) is 1. The molecule has 2 rings (SSSR count). The van der Waals surface area contributed by atoms with Gasteiger partial charge in [0.05, 0.1) is 6.10 Å². The molecule has 0 saturated carbocycles. The molecular formula is C14H24N2O3S2. The zero-order chi connectivity index (χ0) is 15.3. The minimum Gasteiger partial charge on any atom is -0.378 e. The van der Waals surface area contributed by atoms with E-state index in [1.54, 1.807) is 6.07 Å². The molecule has 0 aromatic carbocycles. The Morgan fingerprint density at radius 3 is 2.95 bits per heavy atom. The first-order valence-corrected chi connectivity index (χ1v) is 9.74. The van der Waals surface area contributed by atoms with Crippen LogP contribution >= 0.6 is 11.3 Å². The highest BCUT2D eigenvalue weighted by Gasteiger charge is 2.26. The van der Waals surface area contributed by atoms with Crippen molar-refractivity contribution < 1.29 is 13.2 Å². The van der Waals surface area contributed by atoms with Crippen molar-refractivity contribution in [2.45, 2.75) is 49.5 Å². The first-order valence-electron chi connectivity index (χ1n) is 7.44. The molecule has 0 radical (unpaired) electrons. The molecule has 1 aromatic rings. The van der Waals surface area contributed by atoms with Crippen LogP contribution in [0.4, 0.5) is 0 Å². The van der Waals surface area contributed by atoms with Crippen molar-refractivity contribution >= 4 is 21.4 Å². The van der Waals surface area contributed by atoms with Gasteiger partial charge in [-0.3, -0.25) is 0 Å². The van der Waals surface area contributed by atoms with E-state index in [-0.39, 0.29) is 12.1 Å². The van der Waals surface area contributed by atoms with Gasteiger partial charge in [0, 0.05) is 17.5 Å². The van der Waals surface area contributed by atoms with Crippen LogP contribution in [-0.2, 0) is 21.2 Å². The van der Waals surface area contributed by atoms with Gasteiger partial charge in [0.25, 0.3) is 0 Å². The van der Waals surface area contributed by atoms with E-state index in [1.165, 1.54) is 11.3 Å². The summed E-state index contributed by atoms with van der Waals surface area (Å²) in [4.78, 5) is 1.09. The molecule has 1 fully saturated rings. The molecule has 1 saturated heterocycles. The second-order valence-corrected chi connectivity index (χ2v) is 8.46. The highest BCUT2D eigenvalue weighted by molar-refractivity contribution is 7.91. The fourth-order valence-electron chi connectivity index (χ4n) is 2.41. The summed E-state index contributed by atoms with van der Waals surface area (Å²) in [6.07, 6.45) is 2.45. The van der Waals surface area contributed by atoms with Gasteiger partial charge in [0.1, 0.15) is 4.21 Å². The number of hydrogen-bond donors (Lipinski definition) is 2. The topological polar surface area (TPSA) is 67.4 Å². The third-order valence-electron chi connectivity index (χ3n) is 3.51. The number of likely N-dealkylation sites (N-methyl/N-ethyl adjacent to an activating group) is 1. The lowest BCUT2D eigenvalue weighted by Gasteiger charge is -2.27. The summed E-state index contributed by atoms with van der Waals surface area (Å²) in [6.45, 7) is 6.46. The standard InChI is InChI=1S/C14H24N2O3S2/c1-3-15-8-6-13-4-5-14(20-13)21(17,18)16-12-7-9-19-11(2)10-12/h4-5,11-12,15-16H,3,6-10H2,1-2H3. The largest absolute Gasteiger partial charge is 0.378 e. The first kappa shape index (κ1) is 16.9. The summed E-state index contributed by atoms with van der Waals surface area (Å²) in [5.74, 6) is 0. The lowest BCUT2D eigenvalue weighted by atomic mass is 10.1. The number of nitrogens with one attached hydrogen (secondary N) is 2. The number of thiophene rings is 1. The summed E-state index contributed by atoms with van der Waals surface area (Å²) in [5.41, 5.74) is 0. The van der Waals surface area contributed by atoms with Crippen LogP contribution in [0.3, 0.4) is 0 Å². The van der Waals surface area contributed by atoms with E-state index in [2.05, 4.69) is 17.0 Å². The molecule has 0 bridgehead atoms. The highest BCUT2D eigenvalue weighted by atomic mass is 32.2. The zero-order valence-electron chi connectivity index (χ0n) is 12.6. The molecule has 2 heterocycles. The number of hydrogen-bond acceptors (Lipinski definition) is 5. The normalized spacial score (nSPS) is 23.3. The molecule has 1 aromatic heterocycles. The molecule has 0 aliphatic carbocycles. The third-order valence-corrected chi connectivity index (χ3v) is 6.66. The van der Waals surface area contributed by atoms with Crippen LogP contribution in [-0.4, -0.2) is 40.3 Å². The maximum atomic E-state index is 12.4. The predicted molar refractivity (Wildman–Crippen MR) is 85.3 cm³/mol. The predicted octanol–water partition coefficient (Wildman–Crippen LogP) is 1.75. The van der Waals surface area contributed by atoms with Gasteiger partial charge in [0.2, 0.25) is 10.0 Å². The Bertz CT molecular complexity index is 542. The summed E-state index contributed by atoms with van der Waals surface area (Å²) in [7, 11) is -3.40. The van der Waals surface area contributed by atoms with Crippen molar-refractivity contribution in [2.24, 2.45) is 0 Å². The lowest BCUT2D eigenvalue weighted by Crippen LogP contribution is -2.40. The average molecular weight is 332 g/mol. The quantitative estimate of drug-likeness (QED) is 0.747. The molecule has 7 heteroatoms. The zero-order valence-corrected chi connectivity index (χ0v) is 14.2. The SMILES string of the molecule is CCNCCc1ccc(S(=O)(=O)NC2CCOC(C)C2)s1. The van der Waals surface area contributed by atoms with Crippen molar-refractivity contribution in [3.8, 4) is 0 Å². The summed E-state index contributed by atoms with van der Waals surface area (Å²) >= 11 is 1.36. The molecule has 2 atom stereocenters. The van der Waals surface area contributed by atoms with E-state index in [0.717, 1.165) is 37.2 Å². The van der Waals surface area contributed by atoms with E-state index >= 15 is 0 Å². The molecule has 120 valence electrons. The third kappa shape index (κ3) is 5.03. The summed E-state index contributed by atoms with van der Waals surface area (Å²) in [5, 5.41) is 3.24. The van der Waals surface area contributed by atoms with E-state index in [9.17, 15) is 8.42 Å². The van der Waals surface area contributed by atoms with Crippen molar-refractivity contribution in [1.82, 2.24) is 10.0 Å². The highest BCUT2D eigenvalue weighted by Crippen LogP contribution is 2.23. The Labute approximate surface area is 131 Å². The van der Waals surface area contributed by atoms with Gasteiger partial charge in [-0.25, -0.2) is 13.1 Å². The maximum Gasteiger partial charge on any atom is 0.250 e. The van der Waals surface area contributed by atoms with Gasteiger partial charge >= 0.3 is 0 Å². The Balaban J connectivity index is 1.95. The van der Waals surface area contributed by atoms with Crippen LogP contribution in [0.25, 0.3) is 0 Å². The summed E-state index contributed by atoms with van der Waals surface area (Å²) in [6, 6.07) is 3.59. The lowest BCUT2D eigenvalue weighted by molar-refractivity contribution is 0.0173. The summed E-state index contributed by atoms with van der Waals surface area (Å²) < 4.78 is 33.5. The van der Waals surface area contributed by atoms with Gasteiger partial charge in [0.15, 0.2) is 0 Å². The Kier molecular flexibility index (Phi) is 6.19. The fraction of sp³-hybridized carbons (Fsp3) is 0.714. The minimum atomic E-state index is -3.40. The smallest absolute Gasteiger partial charge is 0.250 e. The molecule has 2 N–H and O–H groups in total. The van der Waals surface area contributed by atoms with Crippen LogP contribution in [0.5, 0.6) is 0 Å². The van der Waals surface area contributed by atoms with E-state index in [4.69, 9.17) is 4.74 Å². The van der Waals surface area contributed by atoms with Gasteiger partial charge < -0.3 is 10.1 Å². The van der Waals surface area contributed by atoms with Crippen molar-refractivity contribution in [2.75, 3.05) is 19.7 Å². The van der Waals surface area contributed by atoms with Crippen LogP contribution in [0, 0.1) is 0 Å². The maximum absolute atomic E-state index is 12.4. The molecule has 1 aliphatic heterocycles. The molecule has 0 amide bonds. The monoisotopic (exact) mass is 332 g/mol. The van der Waals surface area contributed by atoms with E-state index < -0.39 is 10.0 Å². The molecule has 0 spiro atoms. The van der Waals surface area contributed by atoms with Gasteiger partial charge in [-0.2, -0.15) is 0 Å². The fourth-order valence-corrected chi connectivity index (χ4v) is 5.06. The van der Waals surface area contributed by atoms with Crippen molar-refractivity contribution in [3.05, 3.63) is 17.0 Å². The average Bonchev–Trinajstić information content (AvgIpc) is 2.88. The second kappa shape index (κ2) is 7.69. The molecular weight excluding hydrogens is 308 g/mol. The van der Waals surface area contributed by atoms with Crippen LogP contribution in [0.2, 0.25) is 0 Å². The van der Waals surface area contributed by atoms with E-state index in [0.29, 0.717) is 10.8 Å². The Hall–Kier alpha value is -0.470. The first-order chi connectivity index (χ1) is 10.0. The van der Waals surface area contributed by atoms with Gasteiger partial charge in [-0.1, -0.05) is 6.92 Å². The Morgan fingerprint density at radius 1 is 1.43 bits per heavy atom. The van der Waals surface area contributed by atoms with Crippen molar-refractivity contribution in [3.63, 3.8) is 0 Å². The molecule has 2 unspecified atom stereocenters. The number of rotatable bonds is 7. The van der Waals surface area contributed by atoms with E-state index in [1.807, 2.05) is 13.0 Å². The Morgan fingerprint density at radius 2 is 2.24 bits per heavy atom.